The monoisotopic (exact) mass is 166 g/mol. The van der Waals surface area contributed by atoms with Gasteiger partial charge in [0, 0.05) is 39.3 Å². The first-order chi connectivity index (χ1) is 5.95. The first-order valence-corrected chi connectivity index (χ1v) is 4.96. The Kier molecular flexibility index (Phi) is 0.972. The van der Waals surface area contributed by atoms with E-state index in [0.717, 1.165) is 12.3 Å². The summed E-state index contributed by atoms with van der Waals surface area (Å²) in [6.45, 7) is 7.73. The first kappa shape index (κ1) is 6.32. The summed E-state index contributed by atoms with van der Waals surface area (Å²) >= 11 is 0. The molecule has 4 nitrogen and oxygen atoms in total. The number of hydrazine groups is 1. The van der Waals surface area contributed by atoms with Crippen LogP contribution in [0.2, 0.25) is 0 Å². The fourth-order valence-corrected chi connectivity index (χ4v) is 3.29. The summed E-state index contributed by atoms with van der Waals surface area (Å²) in [7, 11) is 0. The summed E-state index contributed by atoms with van der Waals surface area (Å²) in [6, 6.07) is 0. The lowest BCUT2D eigenvalue weighted by atomic mass is 10.2. The van der Waals surface area contributed by atoms with Crippen LogP contribution in [-0.2, 0) is 0 Å². The normalized spacial score (nSPS) is 48.0. The summed E-state index contributed by atoms with van der Waals surface area (Å²) in [6.07, 6.45) is 1.53. The molecule has 4 heteroatoms. The second-order valence-electron chi connectivity index (χ2n) is 4.23. The van der Waals surface area contributed by atoms with Crippen molar-refractivity contribution in [2.45, 2.75) is 12.3 Å². The third-order valence-corrected chi connectivity index (χ3v) is 3.86. The van der Waals surface area contributed by atoms with Crippen LogP contribution in [0.5, 0.6) is 0 Å². The molecular formula is C8H14N4. The van der Waals surface area contributed by atoms with E-state index in [1.54, 1.807) is 0 Å². The van der Waals surface area contributed by atoms with Crippen molar-refractivity contribution >= 4 is 0 Å². The highest BCUT2D eigenvalue weighted by atomic mass is 15.9. The van der Waals surface area contributed by atoms with Gasteiger partial charge >= 0.3 is 0 Å². The van der Waals surface area contributed by atoms with Crippen molar-refractivity contribution in [3.8, 4) is 0 Å². The van der Waals surface area contributed by atoms with E-state index in [1.165, 1.54) is 39.3 Å². The maximum absolute atomic E-state index is 2.64. The van der Waals surface area contributed by atoms with Gasteiger partial charge in [-0.25, -0.2) is 10.0 Å². The van der Waals surface area contributed by atoms with Gasteiger partial charge in [0.25, 0.3) is 0 Å². The van der Waals surface area contributed by atoms with Gasteiger partial charge in [-0.05, 0) is 0 Å². The molecule has 4 heterocycles. The van der Waals surface area contributed by atoms with Crippen LogP contribution in [0.4, 0.5) is 0 Å². The Morgan fingerprint density at radius 3 is 1.50 bits per heavy atom. The van der Waals surface area contributed by atoms with Gasteiger partial charge in [0.05, 0.1) is 0 Å². The third-order valence-electron chi connectivity index (χ3n) is 3.86. The van der Waals surface area contributed by atoms with Crippen LogP contribution in [0.1, 0.15) is 0 Å². The summed E-state index contributed by atoms with van der Waals surface area (Å²) < 4.78 is 0. The number of fused-ring (bicyclic) bond motifs is 1. The second-order valence-corrected chi connectivity index (χ2v) is 4.23. The fraction of sp³-hybridized carbons (Fsp3) is 1.00. The minimum Gasteiger partial charge on any atom is -0.282 e. The van der Waals surface area contributed by atoms with Gasteiger partial charge in [-0.2, -0.15) is 0 Å². The van der Waals surface area contributed by atoms with E-state index in [-0.39, 0.29) is 0 Å². The van der Waals surface area contributed by atoms with Gasteiger partial charge in [-0.1, -0.05) is 0 Å². The van der Waals surface area contributed by atoms with Crippen molar-refractivity contribution in [1.82, 2.24) is 19.8 Å². The van der Waals surface area contributed by atoms with E-state index in [4.69, 9.17) is 0 Å². The van der Waals surface area contributed by atoms with E-state index in [0.29, 0.717) is 0 Å². The number of piperazine rings is 1. The quantitative estimate of drug-likeness (QED) is 0.449. The molecule has 0 saturated carbocycles. The SMILES string of the molecule is C1CN2CCN3C2C2N1CCN23. The van der Waals surface area contributed by atoms with Crippen LogP contribution >= 0.6 is 0 Å². The lowest BCUT2D eigenvalue weighted by Crippen LogP contribution is -2.75. The lowest BCUT2D eigenvalue weighted by molar-refractivity contribution is -0.246. The second kappa shape index (κ2) is 1.85. The molecule has 4 rings (SSSR count). The standard InChI is InChI=1S/C8H14N4/c1-2-10-4-6-12-8(10)7-9(1)3-5-11(7)12/h7-8H,1-6H2. The van der Waals surface area contributed by atoms with Crippen LogP contribution in [0.15, 0.2) is 0 Å². The Balaban J connectivity index is 1.76. The summed E-state index contributed by atoms with van der Waals surface area (Å²) in [5.41, 5.74) is 0. The molecule has 2 atom stereocenters. The molecule has 0 aliphatic carbocycles. The third kappa shape index (κ3) is 0.510. The zero-order valence-electron chi connectivity index (χ0n) is 7.19. The number of hydrogen-bond donors (Lipinski definition) is 0. The van der Waals surface area contributed by atoms with Crippen LogP contribution in [0, 0.1) is 0 Å². The maximum atomic E-state index is 2.64. The molecule has 4 aliphatic rings. The van der Waals surface area contributed by atoms with Crippen molar-refractivity contribution in [2.24, 2.45) is 0 Å². The van der Waals surface area contributed by atoms with E-state index in [2.05, 4.69) is 19.8 Å². The predicted molar refractivity (Wildman–Crippen MR) is 44.1 cm³/mol. The van der Waals surface area contributed by atoms with Gasteiger partial charge in [-0.15, -0.1) is 0 Å². The molecular weight excluding hydrogens is 152 g/mol. The zero-order chi connectivity index (χ0) is 7.71. The molecule has 4 aliphatic heterocycles. The summed E-state index contributed by atoms with van der Waals surface area (Å²) in [5, 5.41) is 5.12. The molecule has 4 fully saturated rings. The molecule has 0 amide bonds. The van der Waals surface area contributed by atoms with Crippen molar-refractivity contribution in [2.75, 3.05) is 39.3 Å². The molecule has 0 N–H and O–H groups in total. The number of nitrogens with zero attached hydrogens (tertiary/aromatic N) is 4. The zero-order valence-corrected chi connectivity index (χ0v) is 7.19. The molecule has 2 unspecified atom stereocenters. The van der Waals surface area contributed by atoms with Crippen LogP contribution < -0.4 is 0 Å². The number of hydrogen-bond acceptors (Lipinski definition) is 4. The molecule has 0 spiro atoms. The highest BCUT2D eigenvalue weighted by Crippen LogP contribution is 2.40. The Morgan fingerprint density at radius 2 is 1.00 bits per heavy atom. The lowest BCUT2D eigenvalue weighted by Gasteiger charge is -2.57. The van der Waals surface area contributed by atoms with Crippen molar-refractivity contribution in [3.05, 3.63) is 0 Å². The van der Waals surface area contributed by atoms with Crippen molar-refractivity contribution in [3.63, 3.8) is 0 Å². The molecule has 4 saturated heterocycles. The van der Waals surface area contributed by atoms with Gasteiger partial charge in [-0.3, -0.25) is 9.80 Å². The fourth-order valence-electron chi connectivity index (χ4n) is 3.29. The highest BCUT2D eigenvalue weighted by molar-refractivity contribution is 5.05. The number of rotatable bonds is 0. The Hall–Kier alpha value is -0.160. The van der Waals surface area contributed by atoms with E-state index in [1.807, 2.05) is 0 Å². The van der Waals surface area contributed by atoms with Crippen LogP contribution in [-0.4, -0.2) is 71.4 Å². The topological polar surface area (TPSA) is 13.0 Å². The molecule has 66 valence electrons. The van der Waals surface area contributed by atoms with Crippen molar-refractivity contribution in [1.29, 1.82) is 0 Å². The summed E-state index contributed by atoms with van der Waals surface area (Å²) in [5.74, 6) is 0. The predicted octanol–water partition coefficient (Wildman–Crippen LogP) is -1.18. The maximum Gasteiger partial charge on any atom is 0.107 e. The minimum atomic E-state index is 0.765. The minimum absolute atomic E-state index is 0.765. The molecule has 0 bridgehead atoms. The summed E-state index contributed by atoms with van der Waals surface area (Å²) in [4.78, 5) is 5.28. The van der Waals surface area contributed by atoms with Gasteiger partial charge in [0.15, 0.2) is 0 Å². The molecule has 0 radical (unpaired) electrons. The van der Waals surface area contributed by atoms with E-state index < -0.39 is 0 Å². The molecule has 12 heavy (non-hydrogen) atoms. The van der Waals surface area contributed by atoms with E-state index >= 15 is 0 Å². The Bertz CT molecular complexity index is 207. The van der Waals surface area contributed by atoms with Crippen molar-refractivity contribution < 1.29 is 0 Å². The Labute approximate surface area is 72.3 Å². The molecule has 0 aromatic carbocycles. The highest BCUT2D eigenvalue weighted by Gasteiger charge is 2.59. The van der Waals surface area contributed by atoms with Crippen LogP contribution in [0.25, 0.3) is 0 Å². The Morgan fingerprint density at radius 1 is 0.583 bits per heavy atom. The molecule has 0 aromatic rings. The van der Waals surface area contributed by atoms with Crippen LogP contribution in [0.3, 0.4) is 0 Å². The van der Waals surface area contributed by atoms with Gasteiger partial charge in [0.1, 0.15) is 12.3 Å². The first-order valence-electron chi connectivity index (χ1n) is 4.96. The average Bonchev–Trinajstić information content (AvgIpc) is 2.58. The molecule has 0 aromatic heterocycles. The van der Waals surface area contributed by atoms with Gasteiger partial charge in [0.2, 0.25) is 0 Å². The smallest absolute Gasteiger partial charge is 0.107 e. The average molecular weight is 166 g/mol. The van der Waals surface area contributed by atoms with Gasteiger partial charge < -0.3 is 0 Å². The van der Waals surface area contributed by atoms with E-state index in [9.17, 15) is 0 Å². The largest absolute Gasteiger partial charge is 0.282 e.